The average molecular weight is 308 g/mol. The Morgan fingerprint density at radius 3 is 2.18 bits per heavy atom. The summed E-state index contributed by atoms with van der Waals surface area (Å²) >= 11 is 0. The molecule has 0 unspecified atom stereocenters. The number of amides is 1. The number of carbonyl (C=O) groups is 3. The van der Waals surface area contributed by atoms with Gasteiger partial charge in [-0.2, -0.15) is 5.26 Å². The van der Waals surface area contributed by atoms with Crippen molar-refractivity contribution in [3.8, 4) is 6.07 Å². The molecule has 0 spiro atoms. The Hall–Kier alpha value is -2.82. The van der Waals surface area contributed by atoms with Gasteiger partial charge in [0.2, 0.25) is 11.8 Å². The lowest BCUT2D eigenvalue weighted by atomic mass is 10.1. The molecule has 22 heavy (non-hydrogen) atoms. The molecule has 0 aliphatic rings. The number of nitriles is 1. The van der Waals surface area contributed by atoms with Crippen LogP contribution in [0, 0.1) is 18.3 Å². The van der Waals surface area contributed by atoms with Crippen LogP contribution < -0.4 is 5.32 Å². The van der Waals surface area contributed by atoms with Crippen LogP contribution in [-0.4, -0.2) is 31.1 Å². The number of rotatable bonds is 6. The molecule has 0 bridgehead atoms. The second kappa shape index (κ2) is 7.83. The van der Waals surface area contributed by atoms with Crippen molar-refractivity contribution in [2.45, 2.75) is 27.2 Å². The van der Waals surface area contributed by atoms with Crippen LogP contribution >= 0.6 is 0 Å². The van der Waals surface area contributed by atoms with Crippen LogP contribution in [0.2, 0.25) is 0 Å². The fourth-order valence-electron chi connectivity index (χ4n) is 1.72. The monoisotopic (exact) mass is 308 g/mol. The standard InChI is InChI=1S/C14H16N2O6/c1-4-20-13(18)10-8(3)22-12(16-9(17)6-7-15)11(10)14(19)21-5-2/h4-6H2,1-3H3,(H,16,17). The fraction of sp³-hybridized carbons (Fsp3) is 0.429. The first kappa shape index (κ1) is 17.2. The molecule has 0 saturated carbocycles. The first-order valence-corrected chi connectivity index (χ1v) is 6.60. The molecule has 1 rings (SSSR count). The zero-order chi connectivity index (χ0) is 16.7. The third-order valence-corrected chi connectivity index (χ3v) is 2.54. The maximum atomic E-state index is 12.0. The molecule has 1 aromatic rings. The van der Waals surface area contributed by atoms with Crippen LogP contribution in [0.25, 0.3) is 0 Å². The summed E-state index contributed by atoms with van der Waals surface area (Å²) in [6, 6.07) is 1.66. The second-order valence-corrected chi connectivity index (χ2v) is 4.06. The lowest BCUT2D eigenvalue weighted by Gasteiger charge is -2.06. The maximum Gasteiger partial charge on any atom is 0.344 e. The second-order valence-electron chi connectivity index (χ2n) is 4.06. The topological polar surface area (TPSA) is 119 Å². The summed E-state index contributed by atoms with van der Waals surface area (Å²) < 4.78 is 15.0. The molecule has 0 aromatic carbocycles. The van der Waals surface area contributed by atoms with E-state index < -0.39 is 24.3 Å². The minimum absolute atomic E-state index is 0.0803. The molecule has 0 aliphatic heterocycles. The summed E-state index contributed by atoms with van der Waals surface area (Å²) in [5, 5.41) is 10.8. The van der Waals surface area contributed by atoms with Crippen LogP contribution in [0.4, 0.5) is 5.88 Å². The number of hydrogen-bond acceptors (Lipinski definition) is 7. The van der Waals surface area contributed by atoms with Crippen molar-refractivity contribution in [3.63, 3.8) is 0 Å². The molecular weight excluding hydrogens is 292 g/mol. The highest BCUT2D eigenvalue weighted by atomic mass is 16.5. The van der Waals surface area contributed by atoms with Crippen LogP contribution in [-0.2, 0) is 14.3 Å². The molecule has 0 aliphatic carbocycles. The smallest absolute Gasteiger partial charge is 0.344 e. The lowest BCUT2D eigenvalue weighted by molar-refractivity contribution is -0.115. The molecule has 0 fully saturated rings. The van der Waals surface area contributed by atoms with Gasteiger partial charge in [-0.1, -0.05) is 0 Å². The van der Waals surface area contributed by atoms with E-state index in [9.17, 15) is 14.4 Å². The summed E-state index contributed by atoms with van der Waals surface area (Å²) in [4.78, 5) is 35.5. The van der Waals surface area contributed by atoms with Crippen LogP contribution in [0.15, 0.2) is 4.42 Å². The zero-order valence-electron chi connectivity index (χ0n) is 12.5. The van der Waals surface area contributed by atoms with Crippen molar-refractivity contribution in [2.24, 2.45) is 0 Å². The van der Waals surface area contributed by atoms with E-state index in [-0.39, 0.29) is 36.0 Å². The normalized spacial score (nSPS) is 9.73. The van der Waals surface area contributed by atoms with E-state index in [0.717, 1.165) is 0 Å². The molecule has 8 heteroatoms. The largest absolute Gasteiger partial charge is 0.462 e. The highest BCUT2D eigenvalue weighted by Crippen LogP contribution is 2.29. The van der Waals surface area contributed by atoms with E-state index in [1.54, 1.807) is 19.9 Å². The Morgan fingerprint density at radius 1 is 1.14 bits per heavy atom. The average Bonchev–Trinajstić information content (AvgIpc) is 2.75. The number of nitrogens with one attached hydrogen (secondary N) is 1. The van der Waals surface area contributed by atoms with Gasteiger partial charge in [-0.3, -0.25) is 10.1 Å². The summed E-state index contributed by atoms with van der Waals surface area (Å²) in [6.07, 6.45) is -0.420. The summed E-state index contributed by atoms with van der Waals surface area (Å²) in [5.41, 5.74) is -0.323. The molecule has 1 aromatic heterocycles. The molecule has 1 N–H and O–H groups in total. The predicted molar refractivity (Wildman–Crippen MR) is 74.2 cm³/mol. The van der Waals surface area contributed by atoms with Gasteiger partial charge < -0.3 is 13.9 Å². The quantitative estimate of drug-likeness (QED) is 0.795. The van der Waals surface area contributed by atoms with Gasteiger partial charge >= 0.3 is 11.9 Å². The van der Waals surface area contributed by atoms with Crippen molar-refractivity contribution < 1.29 is 28.3 Å². The number of hydrogen-bond donors (Lipinski definition) is 1. The van der Waals surface area contributed by atoms with Gasteiger partial charge in [-0.05, 0) is 20.8 Å². The molecule has 1 heterocycles. The van der Waals surface area contributed by atoms with Gasteiger partial charge in [0.15, 0.2) is 0 Å². The van der Waals surface area contributed by atoms with E-state index in [4.69, 9.17) is 19.2 Å². The van der Waals surface area contributed by atoms with Gasteiger partial charge in [-0.25, -0.2) is 9.59 Å². The Morgan fingerprint density at radius 2 is 1.68 bits per heavy atom. The number of ether oxygens (including phenoxy) is 2. The van der Waals surface area contributed by atoms with Crippen molar-refractivity contribution >= 4 is 23.7 Å². The number of nitrogens with zero attached hydrogens (tertiary/aromatic N) is 1. The predicted octanol–water partition coefficient (Wildman–Crippen LogP) is 1.79. The van der Waals surface area contributed by atoms with Gasteiger partial charge in [0.05, 0.1) is 19.3 Å². The van der Waals surface area contributed by atoms with Crippen molar-refractivity contribution in [1.82, 2.24) is 0 Å². The Labute approximate surface area is 127 Å². The van der Waals surface area contributed by atoms with E-state index in [1.165, 1.54) is 6.92 Å². The van der Waals surface area contributed by atoms with Gasteiger partial charge in [0, 0.05) is 0 Å². The van der Waals surface area contributed by atoms with E-state index in [2.05, 4.69) is 5.32 Å². The van der Waals surface area contributed by atoms with E-state index >= 15 is 0 Å². The molecule has 1 amide bonds. The number of esters is 2. The highest BCUT2D eigenvalue weighted by Gasteiger charge is 2.31. The Balaban J connectivity index is 3.29. The number of carbonyl (C=O) groups excluding carboxylic acids is 3. The van der Waals surface area contributed by atoms with E-state index in [0.29, 0.717) is 0 Å². The summed E-state index contributed by atoms with van der Waals surface area (Å²) in [6.45, 7) is 4.86. The zero-order valence-corrected chi connectivity index (χ0v) is 12.5. The van der Waals surface area contributed by atoms with Crippen LogP contribution in [0.3, 0.4) is 0 Å². The highest BCUT2D eigenvalue weighted by molar-refractivity contribution is 6.09. The van der Waals surface area contributed by atoms with Crippen LogP contribution in [0.1, 0.15) is 46.7 Å². The van der Waals surface area contributed by atoms with Gasteiger partial charge in [0.1, 0.15) is 23.3 Å². The van der Waals surface area contributed by atoms with Crippen molar-refractivity contribution in [2.75, 3.05) is 18.5 Å². The third-order valence-electron chi connectivity index (χ3n) is 2.54. The summed E-state index contributed by atoms with van der Waals surface area (Å²) in [7, 11) is 0. The lowest BCUT2D eigenvalue weighted by Crippen LogP contribution is -2.17. The number of furan rings is 1. The third kappa shape index (κ3) is 3.85. The van der Waals surface area contributed by atoms with Crippen molar-refractivity contribution in [3.05, 3.63) is 16.9 Å². The molecule has 118 valence electrons. The van der Waals surface area contributed by atoms with Crippen molar-refractivity contribution in [1.29, 1.82) is 5.26 Å². The fourth-order valence-corrected chi connectivity index (χ4v) is 1.72. The first-order valence-electron chi connectivity index (χ1n) is 6.60. The molecule has 0 radical (unpaired) electrons. The number of aryl methyl sites for hydroxylation is 1. The first-order chi connectivity index (χ1) is 10.5. The van der Waals surface area contributed by atoms with Gasteiger partial charge in [0.25, 0.3) is 0 Å². The molecule has 0 atom stereocenters. The summed E-state index contributed by atoms with van der Waals surface area (Å²) in [5.74, 6) is -2.38. The number of anilines is 1. The minimum Gasteiger partial charge on any atom is -0.462 e. The Bertz CT molecular complexity index is 626. The van der Waals surface area contributed by atoms with Gasteiger partial charge in [-0.15, -0.1) is 0 Å². The maximum absolute atomic E-state index is 12.0. The van der Waals surface area contributed by atoms with Crippen LogP contribution in [0.5, 0.6) is 0 Å². The SMILES string of the molecule is CCOC(=O)c1c(C)oc(NC(=O)CC#N)c1C(=O)OCC. The Kier molecular flexibility index (Phi) is 6.13. The molecular formula is C14H16N2O6. The van der Waals surface area contributed by atoms with E-state index in [1.807, 2.05) is 0 Å². The molecule has 8 nitrogen and oxygen atoms in total. The minimum atomic E-state index is -0.824. The molecule has 0 saturated heterocycles.